The molecule has 0 spiro atoms. The minimum atomic E-state index is 0.238. The molecule has 0 aliphatic heterocycles. The highest BCUT2D eigenvalue weighted by atomic mass is 16.3. The Kier molecular flexibility index (Phi) is 6.22. The van der Waals surface area contributed by atoms with Crippen molar-refractivity contribution in [3.8, 4) is 0 Å². The van der Waals surface area contributed by atoms with Crippen LogP contribution in [-0.2, 0) is 0 Å². The Bertz CT molecular complexity index is 158. The van der Waals surface area contributed by atoms with E-state index in [9.17, 15) is 5.11 Å². The van der Waals surface area contributed by atoms with E-state index in [0.29, 0.717) is 0 Å². The van der Waals surface area contributed by atoms with Gasteiger partial charge in [0, 0.05) is 18.6 Å². The molecule has 0 saturated heterocycles. The Labute approximate surface area is 93.9 Å². The molecule has 1 aliphatic rings. The fourth-order valence-corrected chi connectivity index (χ4v) is 2.49. The molecule has 1 unspecified atom stereocenters. The third-order valence-electron chi connectivity index (χ3n) is 3.42. The van der Waals surface area contributed by atoms with Gasteiger partial charge in [-0.15, -0.1) is 0 Å². The molecule has 1 aliphatic carbocycles. The van der Waals surface area contributed by atoms with Gasteiger partial charge < -0.3 is 15.3 Å². The van der Waals surface area contributed by atoms with E-state index in [-0.39, 0.29) is 12.6 Å². The minimum Gasteiger partial charge on any atom is -0.395 e. The van der Waals surface area contributed by atoms with Gasteiger partial charge in [-0.05, 0) is 26.4 Å². The summed E-state index contributed by atoms with van der Waals surface area (Å²) in [5.74, 6) is 0. The van der Waals surface area contributed by atoms with Crippen LogP contribution in [0.15, 0.2) is 0 Å². The van der Waals surface area contributed by atoms with E-state index in [1.54, 1.807) is 0 Å². The number of likely N-dealkylation sites (N-methyl/N-ethyl adjacent to an activating group) is 2. The summed E-state index contributed by atoms with van der Waals surface area (Å²) >= 11 is 0. The lowest BCUT2D eigenvalue weighted by molar-refractivity contribution is 0.146. The summed E-state index contributed by atoms with van der Waals surface area (Å²) < 4.78 is 0. The Morgan fingerprint density at radius 1 is 1.33 bits per heavy atom. The van der Waals surface area contributed by atoms with Crippen LogP contribution < -0.4 is 5.32 Å². The summed E-state index contributed by atoms with van der Waals surface area (Å²) in [7, 11) is 2.19. The highest BCUT2D eigenvalue weighted by Gasteiger charge is 2.19. The molecule has 1 rings (SSSR count). The second-order valence-corrected chi connectivity index (χ2v) is 4.67. The van der Waals surface area contributed by atoms with E-state index in [2.05, 4.69) is 24.2 Å². The van der Waals surface area contributed by atoms with Crippen molar-refractivity contribution in [3.63, 3.8) is 0 Å². The molecular weight excluding hydrogens is 188 g/mol. The highest BCUT2D eigenvalue weighted by Crippen LogP contribution is 2.21. The van der Waals surface area contributed by atoms with Gasteiger partial charge in [0.1, 0.15) is 0 Å². The van der Waals surface area contributed by atoms with Crippen LogP contribution in [0, 0.1) is 0 Å². The largest absolute Gasteiger partial charge is 0.395 e. The predicted molar refractivity (Wildman–Crippen MR) is 64.1 cm³/mol. The van der Waals surface area contributed by atoms with Gasteiger partial charge in [0.05, 0.1) is 6.61 Å². The van der Waals surface area contributed by atoms with E-state index in [1.807, 2.05) is 0 Å². The van der Waals surface area contributed by atoms with Crippen LogP contribution in [0.3, 0.4) is 0 Å². The third-order valence-corrected chi connectivity index (χ3v) is 3.42. The van der Waals surface area contributed by atoms with Crippen LogP contribution in [0.5, 0.6) is 0 Å². The quantitative estimate of drug-likeness (QED) is 0.698. The van der Waals surface area contributed by atoms with Crippen molar-refractivity contribution >= 4 is 0 Å². The van der Waals surface area contributed by atoms with Crippen molar-refractivity contribution in [3.05, 3.63) is 0 Å². The number of rotatable bonds is 6. The highest BCUT2D eigenvalue weighted by molar-refractivity contribution is 4.77. The monoisotopic (exact) mass is 214 g/mol. The minimum absolute atomic E-state index is 0.238. The van der Waals surface area contributed by atoms with E-state index in [0.717, 1.165) is 19.1 Å². The Hall–Kier alpha value is -0.120. The zero-order valence-corrected chi connectivity index (χ0v) is 10.2. The lowest BCUT2D eigenvalue weighted by atomic mass is 9.94. The van der Waals surface area contributed by atoms with Gasteiger partial charge in [-0.2, -0.15) is 0 Å². The normalized spacial score (nSPS) is 20.8. The maximum atomic E-state index is 9.22. The zero-order valence-electron chi connectivity index (χ0n) is 10.2. The molecule has 0 heterocycles. The van der Waals surface area contributed by atoms with Gasteiger partial charge in [-0.25, -0.2) is 0 Å². The summed E-state index contributed by atoms with van der Waals surface area (Å²) in [6.07, 6.45) is 6.82. The summed E-state index contributed by atoms with van der Waals surface area (Å²) in [5, 5.41) is 12.5. The molecule has 3 heteroatoms. The van der Waals surface area contributed by atoms with Crippen LogP contribution in [-0.4, -0.2) is 48.8 Å². The standard InChI is InChI=1S/C12H26N2O/c1-3-13-11(10-15)9-14(2)12-7-5-4-6-8-12/h11-13,15H,3-10H2,1-2H3. The fraction of sp³-hybridized carbons (Fsp3) is 1.00. The van der Waals surface area contributed by atoms with Crippen molar-refractivity contribution in [1.29, 1.82) is 0 Å². The van der Waals surface area contributed by atoms with E-state index in [1.165, 1.54) is 32.1 Å². The Morgan fingerprint density at radius 3 is 2.53 bits per heavy atom. The first-order valence-electron chi connectivity index (χ1n) is 6.32. The lowest BCUT2D eigenvalue weighted by Crippen LogP contribution is -2.45. The molecule has 0 aromatic carbocycles. The number of nitrogens with one attached hydrogen (secondary N) is 1. The van der Waals surface area contributed by atoms with Crippen LogP contribution in [0.4, 0.5) is 0 Å². The lowest BCUT2D eigenvalue weighted by Gasteiger charge is -2.33. The molecule has 0 amide bonds. The van der Waals surface area contributed by atoms with E-state index < -0.39 is 0 Å². The van der Waals surface area contributed by atoms with Gasteiger partial charge in [-0.3, -0.25) is 0 Å². The first-order chi connectivity index (χ1) is 7.27. The molecule has 1 saturated carbocycles. The third kappa shape index (κ3) is 4.49. The first-order valence-corrected chi connectivity index (χ1v) is 6.32. The summed E-state index contributed by atoms with van der Waals surface area (Å²) in [6, 6.07) is 0.980. The molecule has 1 fully saturated rings. The summed E-state index contributed by atoms with van der Waals surface area (Å²) in [6.45, 7) is 4.23. The summed E-state index contributed by atoms with van der Waals surface area (Å²) in [4.78, 5) is 2.42. The molecule has 0 aromatic rings. The molecule has 90 valence electrons. The van der Waals surface area contributed by atoms with Crippen molar-refractivity contribution in [2.75, 3.05) is 26.7 Å². The number of hydrogen-bond acceptors (Lipinski definition) is 3. The van der Waals surface area contributed by atoms with Gasteiger partial charge in [0.25, 0.3) is 0 Å². The maximum absolute atomic E-state index is 9.22. The number of aliphatic hydroxyl groups excluding tert-OH is 1. The number of aliphatic hydroxyl groups is 1. The van der Waals surface area contributed by atoms with Crippen molar-refractivity contribution in [2.24, 2.45) is 0 Å². The van der Waals surface area contributed by atoms with Gasteiger partial charge in [0.15, 0.2) is 0 Å². The molecule has 1 atom stereocenters. The van der Waals surface area contributed by atoms with Gasteiger partial charge >= 0.3 is 0 Å². The SMILES string of the molecule is CCNC(CO)CN(C)C1CCCCC1. The van der Waals surface area contributed by atoms with Crippen LogP contribution in [0.1, 0.15) is 39.0 Å². The Morgan fingerprint density at radius 2 is 2.00 bits per heavy atom. The fourth-order valence-electron chi connectivity index (χ4n) is 2.49. The summed E-state index contributed by atoms with van der Waals surface area (Å²) in [5.41, 5.74) is 0. The average molecular weight is 214 g/mol. The van der Waals surface area contributed by atoms with Crippen molar-refractivity contribution < 1.29 is 5.11 Å². The number of nitrogens with zero attached hydrogens (tertiary/aromatic N) is 1. The molecule has 0 bridgehead atoms. The average Bonchev–Trinajstić information content (AvgIpc) is 2.29. The zero-order chi connectivity index (χ0) is 11.1. The molecule has 0 radical (unpaired) electrons. The van der Waals surface area contributed by atoms with E-state index >= 15 is 0 Å². The maximum Gasteiger partial charge on any atom is 0.0597 e. The van der Waals surface area contributed by atoms with Crippen LogP contribution in [0.2, 0.25) is 0 Å². The number of hydrogen-bond donors (Lipinski definition) is 2. The smallest absolute Gasteiger partial charge is 0.0597 e. The topological polar surface area (TPSA) is 35.5 Å². The molecule has 3 nitrogen and oxygen atoms in total. The van der Waals surface area contributed by atoms with Gasteiger partial charge in [-0.1, -0.05) is 26.2 Å². The van der Waals surface area contributed by atoms with Crippen LogP contribution >= 0.6 is 0 Å². The Balaban J connectivity index is 2.28. The predicted octanol–water partition coefficient (Wildman–Crippen LogP) is 1.22. The second-order valence-electron chi connectivity index (χ2n) is 4.67. The van der Waals surface area contributed by atoms with Gasteiger partial charge in [0.2, 0.25) is 0 Å². The molecule has 2 N–H and O–H groups in total. The molecule has 15 heavy (non-hydrogen) atoms. The molecular formula is C12H26N2O. The van der Waals surface area contributed by atoms with Crippen LogP contribution in [0.25, 0.3) is 0 Å². The van der Waals surface area contributed by atoms with E-state index in [4.69, 9.17) is 0 Å². The first kappa shape index (κ1) is 12.9. The van der Waals surface area contributed by atoms with Crippen molar-refractivity contribution in [2.45, 2.75) is 51.1 Å². The van der Waals surface area contributed by atoms with Crippen molar-refractivity contribution in [1.82, 2.24) is 10.2 Å². The second kappa shape index (κ2) is 7.20. The molecule has 0 aromatic heterocycles.